The average molecular weight is 430 g/mol. The number of thiophene rings is 1. The molecule has 0 spiro atoms. The van der Waals surface area contributed by atoms with E-state index in [4.69, 9.17) is 0 Å². The number of benzene rings is 1. The minimum atomic E-state index is 0.141. The van der Waals surface area contributed by atoms with Crippen LogP contribution in [0.25, 0.3) is 21.5 Å². The molecule has 156 valence electrons. The van der Waals surface area contributed by atoms with Crippen LogP contribution in [-0.4, -0.2) is 63.9 Å². The highest BCUT2D eigenvalue weighted by Gasteiger charge is 2.22. The van der Waals surface area contributed by atoms with Crippen LogP contribution in [0.15, 0.2) is 60.9 Å². The molecular weight excluding hydrogens is 406 g/mol. The molecule has 0 bridgehead atoms. The summed E-state index contributed by atoms with van der Waals surface area (Å²) in [6.07, 6.45) is 4.18. The first-order valence-corrected chi connectivity index (χ1v) is 11.2. The second kappa shape index (κ2) is 8.53. The molecule has 0 N–H and O–H groups in total. The summed E-state index contributed by atoms with van der Waals surface area (Å²) in [6, 6.07) is 16.0. The molecule has 1 fully saturated rings. The molecule has 5 rings (SSSR count). The van der Waals surface area contributed by atoms with Crippen molar-refractivity contribution >= 4 is 27.3 Å². The molecule has 0 saturated carbocycles. The summed E-state index contributed by atoms with van der Waals surface area (Å²) in [5, 5.41) is 1.10. The van der Waals surface area contributed by atoms with Crippen molar-refractivity contribution in [1.29, 1.82) is 0 Å². The van der Waals surface area contributed by atoms with Gasteiger partial charge in [-0.2, -0.15) is 0 Å². The van der Waals surface area contributed by atoms with Gasteiger partial charge in [-0.05, 0) is 54.4 Å². The summed E-state index contributed by atoms with van der Waals surface area (Å²) in [5.41, 5.74) is 2.79. The Hall–Kier alpha value is -3.16. The van der Waals surface area contributed by atoms with Crippen LogP contribution in [0.3, 0.4) is 0 Å². The highest BCUT2D eigenvalue weighted by atomic mass is 32.1. The second-order valence-corrected chi connectivity index (χ2v) is 8.91. The Morgan fingerprint density at radius 2 is 1.84 bits per heavy atom. The standard InChI is InChI=1S/C24H23N5OS/c1-28-10-12-29(13-11-28)24(30)22-16-18-14-17(5-6-21(18)31-22)15-23-26-9-7-20(27-23)19-4-2-3-8-25-19/h2-9,14,16H,10-13,15H2,1H3. The lowest BCUT2D eigenvalue weighted by atomic mass is 10.1. The number of amides is 1. The first kappa shape index (κ1) is 19.8. The Bertz CT molecular complexity index is 1220. The Kier molecular flexibility index (Phi) is 5.44. The van der Waals surface area contributed by atoms with Crippen LogP contribution >= 0.6 is 11.3 Å². The maximum atomic E-state index is 12.9. The largest absolute Gasteiger partial charge is 0.335 e. The molecule has 1 aliphatic heterocycles. The zero-order valence-electron chi connectivity index (χ0n) is 17.4. The van der Waals surface area contributed by atoms with Gasteiger partial charge >= 0.3 is 0 Å². The van der Waals surface area contributed by atoms with Gasteiger partial charge in [-0.3, -0.25) is 9.78 Å². The monoisotopic (exact) mass is 429 g/mol. The molecule has 1 amide bonds. The van der Waals surface area contributed by atoms with Gasteiger partial charge in [0, 0.05) is 49.7 Å². The Morgan fingerprint density at radius 1 is 0.968 bits per heavy atom. The number of hydrogen-bond acceptors (Lipinski definition) is 6. The molecule has 6 nitrogen and oxygen atoms in total. The smallest absolute Gasteiger partial charge is 0.264 e. The number of pyridine rings is 1. The van der Waals surface area contributed by atoms with E-state index in [1.54, 1.807) is 23.7 Å². The van der Waals surface area contributed by atoms with E-state index < -0.39 is 0 Å². The number of piperazine rings is 1. The third kappa shape index (κ3) is 4.33. The summed E-state index contributed by atoms with van der Waals surface area (Å²) >= 11 is 1.57. The Balaban J connectivity index is 1.35. The van der Waals surface area contributed by atoms with Crippen molar-refractivity contribution in [1.82, 2.24) is 24.8 Å². The van der Waals surface area contributed by atoms with E-state index in [1.165, 1.54) is 0 Å². The van der Waals surface area contributed by atoms with Crippen LogP contribution < -0.4 is 0 Å². The quantitative estimate of drug-likeness (QED) is 0.495. The van der Waals surface area contributed by atoms with Gasteiger partial charge in [0.25, 0.3) is 5.91 Å². The highest BCUT2D eigenvalue weighted by molar-refractivity contribution is 7.20. The number of fused-ring (bicyclic) bond motifs is 1. The van der Waals surface area contributed by atoms with Gasteiger partial charge in [-0.1, -0.05) is 12.1 Å². The minimum absolute atomic E-state index is 0.141. The zero-order chi connectivity index (χ0) is 21.2. The maximum absolute atomic E-state index is 12.9. The normalized spacial score (nSPS) is 14.8. The topological polar surface area (TPSA) is 62.2 Å². The van der Waals surface area contributed by atoms with Gasteiger partial charge in [0.1, 0.15) is 5.82 Å². The number of likely N-dealkylation sites (N-methyl/N-ethyl adjacent to an activating group) is 1. The predicted octanol–water partition coefficient (Wildman–Crippen LogP) is 3.73. The summed E-state index contributed by atoms with van der Waals surface area (Å²) < 4.78 is 1.13. The molecule has 0 unspecified atom stereocenters. The summed E-state index contributed by atoms with van der Waals surface area (Å²) in [6.45, 7) is 3.44. The third-order valence-corrected chi connectivity index (χ3v) is 6.68. The van der Waals surface area contributed by atoms with E-state index in [0.717, 1.165) is 63.9 Å². The molecule has 7 heteroatoms. The van der Waals surface area contributed by atoms with E-state index in [1.807, 2.05) is 35.2 Å². The molecule has 1 saturated heterocycles. The van der Waals surface area contributed by atoms with E-state index in [0.29, 0.717) is 6.42 Å². The van der Waals surface area contributed by atoms with E-state index in [-0.39, 0.29) is 5.91 Å². The molecule has 0 radical (unpaired) electrons. The average Bonchev–Trinajstić information content (AvgIpc) is 3.23. The fourth-order valence-corrected chi connectivity index (χ4v) is 4.81. The SMILES string of the molecule is CN1CCN(C(=O)c2cc3cc(Cc4nccc(-c5ccccn5)n4)ccc3s2)CC1. The van der Waals surface area contributed by atoms with E-state index in [9.17, 15) is 4.79 Å². The predicted molar refractivity (Wildman–Crippen MR) is 123 cm³/mol. The molecule has 1 aromatic carbocycles. The number of carbonyl (C=O) groups excluding carboxylic acids is 1. The van der Waals surface area contributed by atoms with E-state index in [2.05, 4.69) is 45.1 Å². The summed E-state index contributed by atoms with van der Waals surface area (Å²) in [5.74, 6) is 0.897. The number of nitrogens with zero attached hydrogens (tertiary/aromatic N) is 5. The van der Waals surface area contributed by atoms with Gasteiger partial charge in [0.15, 0.2) is 0 Å². The maximum Gasteiger partial charge on any atom is 0.264 e. The Labute approximate surface area is 185 Å². The van der Waals surface area contributed by atoms with Crippen LogP contribution in [0.4, 0.5) is 0 Å². The van der Waals surface area contributed by atoms with Crippen molar-refractivity contribution < 1.29 is 4.79 Å². The van der Waals surface area contributed by atoms with Crippen molar-refractivity contribution in [2.45, 2.75) is 6.42 Å². The number of aromatic nitrogens is 3. The fourth-order valence-electron chi connectivity index (χ4n) is 3.80. The Morgan fingerprint density at radius 3 is 2.65 bits per heavy atom. The summed E-state index contributed by atoms with van der Waals surface area (Å²) in [7, 11) is 2.10. The van der Waals surface area contributed by atoms with Gasteiger partial charge in [-0.25, -0.2) is 9.97 Å². The van der Waals surface area contributed by atoms with Crippen LogP contribution in [0.1, 0.15) is 21.1 Å². The number of carbonyl (C=O) groups is 1. The number of hydrogen-bond donors (Lipinski definition) is 0. The van der Waals surface area contributed by atoms with Crippen LogP contribution in [-0.2, 0) is 6.42 Å². The first-order chi connectivity index (χ1) is 15.2. The minimum Gasteiger partial charge on any atom is -0.335 e. The lowest BCUT2D eigenvalue weighted by molar-refractivity contribution is 0.0669. The molecule has 31 heavy (non-hydrogen) atoms. The van der Waals surface area contributed by atoms with Crippen molar-refractivity contribution in [2.24, 2.45) is 0 Å². The van der Waals surface area contributed by atoms with Crippen LogP contribution in [0.5, 0.6) is 0 Å². The fraction of sp³-hybridized carbons (Fsp3) is 0.250. The highest BCUT2D eigenvalue weighted by Crippen LogP contribution is 2.28. The van der Waals surface area contributed by atoms with Crippen molar-refractivity contribution in [3.8, 4) is 11.4 Å². The lowest BCUT2D eigenvalue weighted by Crippen LogP contribution is -2.46. The van der Waals surface area contributed by atoms with E-state index >= 15 is 0 Å². The zero-order valence-corrected chi connectivity index (χ0v) is 18.2. The molecule has 1 aliphatic rings. The second-order valence-electron chi connectivity index (χ2n) is 7.83. The molecule has 3 aromatic heterocycles. The first-order valence-electron chi connectivity index (χ1n) is 10.4. The summed E-state index contributed by atoms with van der Waals surface area (Å²) in [4.78, 5) is 31.4. The third-order valence-electron chi connectivity index (χ3n) is 5.58. The van der Waals surface area contributed by atoms with Gasteiger partial charge in [0.2, 0.25) is 0 Å². The van der Waals surface area contributed by atoms with Gasteiger partial charge in [0.05, 0.1) is 16.3 Å². The van der Waals surface area contributed by atoms with Gasteiger partial charge in [-0.15, -0.1) is 11.3 Å². The van der Waals surface area contributed by atoms with Crippen molar-refractivity contribution in [3.05, 3.63) is 77.2 Å². The molecule has 0 atom stereocenters. The lowest BCUT2D eigenvalue weighted by Gasteiger charge is -2.32. The van der Waals surface area contributed by atoms with Crippen molar-refractivity contribution in [3.63, 3.8) is 0 Å². The van der Waals surface area contributed by atoms with Crippen molar-refractivity contribution in [2.75, 3.05) is 33.2 Å². The van der Waals surface area contributed by atoms with Crippen LogP contribution in [0.2, 0.25) is 0 Å². The van der Waals surface area contributed by atoms with Gasteiger partial charge < -0.3 is 9.80 Å². The number of rotatable bonds is 4. The molecule has 4 aromatic rings. The van der Waals surface area contributed by atoms with Crippen LogP contribution in [0, 0.1) is 0 Å². The molecular formula is C24H23N5OS. The molecule has 0 aliphatic carbocycles. The molecule has 4 heterocycles.